The number of likely N-dealkylation sites (N-methyl/N-ethyl adjacent to an activating group) is 1. The Kier molecular flexibility index (Phi) is 4.23. The van der Waals surface area contributed by atoms with Gasteiger partial charge in [0.15, 0.2) is 18.2 Å². The number of nitrogens with one attached hydrogen (secondary N) is 1. The number of carbonyl (C=O) groups is 2. The molecule has 4 rings (SSSR count). The Hall–Kier alpha value is -2.68. The highest BCUT2D eigenvalue weighted by molar-refractivity contribution is 6.03. The molecule has 2 unspecified atom stereocenters. The predicted octanol–water partition coefficient (Wildman–Crippen LogP) is 0.206. The molecule has 0 aromatic heterocycles. The number of amides is 3. The Morgan fingerprint density at radius 3 is 2.73 bits per heavy atom. The fraction of sp³-hybridized carbons (Fsp3) is 0.471. The summed E-state index contributed by atoms with van der Waals surface area (Å²) in [5, 5.41) is 2.35. The predicted molar refractivity (Wildman–Crippen MR) is 90.6 cm³/mol. The lowest BCUT2D eigenvalue weighted by molar-refractivity contribution is -0.127. The van der Waals surface area contributed by atoms with Gasteiger partial charge in [-0.05, 0) is 6.07 Å². The quantitative estimate of drug-likeness (QED) is 0.815. The van der Waals surface area contributed by atoms with Gasteiger partial charge in [0.05, 0.1) is 13.2 Å². The van der Waals surface area contributed by atoms with Crippen LogP contribution in [0.15, 0.2) is 29.3 Å². The van der Waals surface area contributed by atoms with Gasteiger partial charge in [0.2, 0.25) is 0 Å². The minimum atomic E-state index is -0.685. The summed E-state index contributed by atoms with van der Waals surface area (Å²) < 4.78 is 19.6. The highest BCUT2D eigenvalue weighted by Crippen LogP contribution is 2.28. The highest BCUT2D eigenvalue weighted by Gasteiger charge is 2.49. The first-order valence-electron chi connectivity index (χ1n) is 8.54. The summed E-state index contributed by atoms with van der Waals surface area (Å²) in [4.78, 5) is 34.4. The van der Waals surface area contributed by atoms with E-state index in [0.29, 0.717) is 37.8 Å². The molecule has 3 amide bonds. The molecule has 3 aliphatic rings. The standard InChI is InChI=1S/C17H20FN5O3/c1-21-14-13(15(24)20-17(21)25)23(10-11-4-2-3-5-12(11)18)16(19-14)22-6-8-26-9-7-22/h2-5,13-14H,6-10H2,1H3,(H,20,24,25). The molecule has 2 fully saturated rings. The van der Waals surface area contributed by atoms with Crippen LogP contribution in [0, 0.1) is 5.82 Å². The molecule has 8 nitrogen and oxygen atoms in total. The fourth-order valence-electron chi connectivity index (χ4n) is 3.52. The Labute approximate surface area is 150 Å². The van der Waals surface area contributed by atoms with E-state index in [2.05, 4.69) is 10.3 Å². The summed E-state index contributed by atoms with van der Waals surface area (Å²) in [6.45, 7) is 2.57. The Balaban J connectivity index is 1.69. The average molecular weight is 361 g/mol. The van der Waals surface area contributed by atoms with Crippen LogP contribution in [0.25, 0.3) is 0 Å². The molecular weight excluding hydrogens is 341 g/mol. The van der Waals surface area contributed by atoms with E-state index >= 15 is 0 Å². The topological polar surface area (TPSA) is 77.5 Å². The molecule has 1 aromatic carbocycles. The number of halogens is 1. The average Bonchev–Trinajstić information content (AvgIpc) is 3.02. The molecule has 3 heterocycles. The first-order chi connectivity index (χ1) is 12.6. The van der Waals surface area contributed by atoms with E-state index in [1.165, 1.54) is 11.0 Å². The Bertz CT molecular complexity index is 765. The van der Waals surface area contributed by atoms with Gasteiger partial charge in [-0.15, -0.1) is 0 Å². The summed E-state index contributed by atoms with van der Waals surface area (Å²) in [5.41, 5.74) is 0.474. The molecule has 0 spiro atoms. The number of hydrogen-bond acceptors (Lipinski definition) is 6. The summed E-state index contributed by atoms with van der Waals surface area (Å²) in [5.74, 6) is -0.150. The second-order valence-electron chi connectivity index (χ2n) is 6.51. The fourth-order valence-corrected chi connectivity index (χ4v) is 3.52. The van der Waals surface area contributed by atoms with Gasteiger partial charge in [0.1, 0.15) is 5.82 Å². The molecule has 2 saturated heterocycles. The van der Waals surface area contributed by atoms with Crippen LogP contribution in [0.2, 0.25) is 0 Å². The zero-order chi connectivity index (χ0) is 18.3. The van der Waals surface area contributed by atoms with Crippen molar-refractivity contribution < 1.29 is 18.7 Å². The zero-order valence-electron chi connectivity index (χ0n) is 14.4. The van der Waals surface area contributed by atoms with Crippen LogP contribution in [0.1, 0.15) is 5.56 Å². The smallest absolute Gasteiger partial charge is 0.325 e. The maximum Gasteiger partial charge on any atom is 0.325 e. The van der Waals surface area contributed by atoms with Gasteiger partial charge in [-0.25, -0.2) is 14.2 Å². The third-order valence-electron chi connectivity index (χ3n) is 4.93. The highest BCUT2D eigenvalue weighted by atomic mass is 19.1. The lowest BCUT2D eigenvalue weighted by atomic mass is 10.1. The maximum atomic E-state index is 14.2. The van der Waals surface area contributed by atoms with Gasteiger partial charge in [0.25, 0.3) is 5.91 Å². The molecule has 0 bridgehead atoms. The molecule has 0 saturated carbocycles. The van der Waals surface area contributed by atoms with Crippen LogP contribution in [-0.4, -0.2) is 78.2 Å². The van der Waals surface area contributed by atoms with Gasteiger partial charge in [0, 0.05) is 32.2 Å². The van der Waals surface area contributed by atoms with Crippen molar-refractivity contribution in [1.82, 2.24) is 20.0 Å². The Morgan fingerprint density at radius 2 is 2.00 bits per heavy atom. The number of nitrogens with zero attached hydrogens (tertiary/aromatic N) is 4. The van der Waals surface area contributed by atoms with Crippen molar-refractivity contribution in [2.75, 3.05) is 33.4 Å². The number of urea groups is 1. The van der Waals surface area contributed by atoms with Crippen LogP contribution in [0.5, 0.6) is 0 Å². The molecule has 2 atom stereocenters. The van der Waals surface area contributed by atoms with E-state index in [0.717, 1.165) is 0 Å². The van der Waals surface area contributed by atoms with Gasteiger partial charge < -0.3 is 19.4 Å². The minimum absolute atomic E-state index is 0.194. The number of fused-ring (bicyclic) bond motifs is 1. The molecule has 1 aromatic rings. The number of hydrogen-bond donors (Lipinski definition) is 1. The van der Waals surface area contributed by atoms with Gasteiger partial charge >= 0.3 is 6.03 Å². The third-order valence-corrected chi connectivity index (χ3v) is 4.93. The van der Waals surface area contributed by atoms with Crippen molar-refractivity contribution in [1.29, 1.82) is 0 Å². The van der Waals surface area contributed by atoms with Crippen molar-refractivity contribution in [2.24, 2.45) is 4.99 Å². The van der Waals surface area contributed by atoms with Crippen LogP contribution in [0.3, 0.4) is 0 Å². The number of benzene rings is 1. The summed E-state index contributed by atoms with van der Waals surface area (Å²) in [7, 11) is 1.60. The second-order valence-corrected chi connectivity index (χ2v) is 6.51. The molecule has 0 radical (unpaired) electrons. The number of aliphatic imine (C=N–C) groups is 1. The molecule has 138 valence electrons. The zero-order valence-corrected chi connectivity index (χ0v) is 14.4. The van der Waals surface area contributed by atoms with Crippen LogP contribution in [-0.2, 0) is 16.1 Å². The van der Waals surface area contributed by atoms with Gasteiger partial charge in [-0.1, -0.05) is 18.2 Å². The number of carbonyl (C=O) groups excluding carboxylic acids is 2. The molecular formula is C17H20FN5O3. The van der Waals surface area contributed by atoms with E-state index in [9.17, 15) is 14.0 Å². The first kappa shape index (κ1) is 16.8. The Morgan fingerprint density at radius 1 is 1.27 bits per heavy atom. The summed E-state index contributed by atoms with van der Waals surface area (Å²) in [6, 6.07) is 5.31. The monoisotopic (exact) mass is 361 g/mol. The molecule has 0 aliphatic carbocycles. The van der Waals surface area contributed by atoms with Crippen LogP contribution < -0.4 is 5.32 Å². The summed E-state index contributed by atoms with van der Waals surface area (Å²) in [6.07, 6.45) is -0.624. The first-order valence-corrected chi connectivity index (χ1v) is 8.54. The molecule has 1 N–H and O–H groups in total. The van der Waals surface area contributed by atoms with Crippen molar-refractivity contribution in [3.8, 4) is 0 Å². The van der Waals surface area contributed by atoms with E-state index in [4.69, 9.17) is 4.74 Å². The number of guanidine groups is 1. The van der Waals surface area contributed by atoms with Crippen molar-refractivity contribution >= 4 is 17.9 Å². The normalized spacial score (nSPS) is 25.9. The van der Waals surface area contributed by atoms with Crippen LogP contribution in [0.4, 0.5) is 9.18 Å². The number of morpholine rings is 1. The lowest BCUT2D eigenvalue weighted by Crippen LogP contribution is -2.64. The van der Waals surface area contributed by atoms with Crippen molar-refractivity contribution in [2.45, 2.75) is 18.8 Å². The molecule has 26 heavy (non-hydrogen) atoms. The molecule has 9 heteroatoms. The van der Waals surface area contributed by atoms with Crippen molar-refractivity contribution in [3.05, 3.63) is 35.6 Å². The molecule has 3 aliphatic heterocycles. The maximum absolute atomic E-state index is 14.2. The van der Waals surface area contributed by atoms with E-state index in [-0.39, 0.29) is 12.4 Å². The van der Waals surface area contributed by atoms with Gasteiger partial charge in [-0.3, -0.25) is 10.1 Å². The number of rotatable bonds is 2. The van der Waals surface area contributed by atoms with Crippen LogP contribution >= 0.6 is 0 Å². The SMILES string of the molecule is CN1C(=O)NC(=O)C2C1N=C(N1CCOCC1)N2Cc1ccccc1F. The van der Waals surface area contributed by atoms with E-state index in [1.807, 2.05) is 4.90 Å². The van der Waals surface area contributed by atoms with E-state index < -0.39 is 24.1 Å². The largest absolute Gasteiger partial charge is 0.378 e. The number of ether oxygens (including phenoxy) is 1. The third kappa shape index (κ3) is 2.78. The van der Waals surface area contributed by atoms with Crippen molar-refractivity contribution in [3.63, 3.8) is 0 Å². The second kappa shape index (κ2) is 6.56. The van der Waals surface area contributed by atoms with E-state index in [1.54, 1.807) is 30.1 Å². The summed E-state index contributed by atoms with van der Waals surface area (Å²) >= 11 is 0. The van der Waals surface area contributed by atoms with Gasteiger partial charge in [-0.2, -0.15) is 0 Å². The number of imide groups is 1. The lowest BCUT2D eigenvalue weighted by Gasteiger charge is -2.38. The minimum Gasteiger partial charge on any atom is -0.378 e.